The first kappa shape index (κ1) is 14.6. The van der Waals surface area contributed by atoms with Crippen LogP contribution >= 0.6 is 0 Å². The largest absolute Gasteiger partial charge is 0.497 e. The topological polar surface area (TPSA) is 35.5 Å². The van der Waals surface area contributed by atoms with Crippen molar-refractivity contribution in [3.63, 3.8) is 0 Å². The van der Waals surface area contributed by atoms with E-state index < -0.39 is 0 Å². The highest BCUT2D eigenvalue weighted by Crippen LogP contribution is 2.17. The number of hydrogen-bond donors (Lipinski definition) is 0. The maximum absolute atomic E-state index is 11.4. The molecule has 0 saturated carbocycles. The lowest BCUT2D eigenvalue weighted by Crippen LogP contribution is -2.10. The van der Waals surface area contributed by atoms with Crippen LogP contribution in [0.5, 0.6) is 11.5 Å². The van der Waals surface area contributed by atoms with Gasteiger partial charge in [-0.25, -0.2) is 0 Å². The highest BCUT2D eigenvalue weighted by Gasteiger charge is 2.09. The summed E-state index contributed by atoms with van der Waals surface area (Å²) < 4.78 is 10.7. The van der Waals surface area contributed by atoms with Crippen LogP contribution in [0.3, 0.4) is 0 Å². The predicted octanol–water partition coefficient (Wildman–Crippen LogP) is 3.47. The molecule has 0 aromatic heterocycles. The van der Waals surface area contributed by atoms with Gasteiger partial charge in [-0.05, 0) is 37.1 Å². The molecule has 0 amide bonds. The van der Waals surface area contributed by atoms with E-state index in [0.29, 0.717) is 18.8 Å². The van der Waals surface area contributed by atoms with Crippen molar-refractivity contribution in [3.8, 4) is 11.5 Å². The molecule has 0 fully saturated rings. The lowest BCUT2D eigenvalue weighted by molar-refractivity contribution is -0.122. The number of carbonyl (C=O) groups excluding carboxylic acids is 1. The zero-order valence-corrected chi connectivity index (χ0v) is 11.4. The molecular formula is C15H22O3. The Balaban J connectivity index is 2.23. The van der Waals surface area contributed by atoms with E-state index in [1.807, 2.05) is 38.1 Å². The SMILES string of the molecule is CCC(=O)[C@@H](C)CCCOc1ccc(OC)cc1. The number of ether oxygens (including phenoxy) is 2. The van der Waals surface area contributed by atoms with Crippen LogP contribution in [0.4, 0.5) is 0 Å². The summed E-state index contributed by atoms with van der Waals surface area (Å²) in [7, 11) is 1.64. The zero-order valence-electron chi connectivity index (χ0n) is 11.4. The smallest absolute Gasteiger partial charge is 0.135 e. The highest BCUT2D eigenvalue weighted by molar-refractivity contribution is 5.80. The van der Waals surface area contributed by atoms with Crippen molar-refractivity contribution in [1.82, 2.24) is 0 Å². The van der Waals surface area contributed by atoms with Crippen molar-refractivity contribution >= 4 is 5.78 Å². The van der Waals surface area contributed by atoms with Gasteiger partial charge in [0.25, 0.3) is 0 Å². The van der Waals surface area contributed by atoms with Crippen LogP contribution in [0.2, 0.25) is 0 Å². The zero-order chi connectivity index (χ0) is 13.4. The second-order valence-electron chi connectivity index (χ2n) is 4.39. The average Bonchev–Trinajstić information content (AvgIpc) is 2.43. The van der Waals surface area contributed by atoms with Crippen molar-refractivity contribution in [2.45, 2.75) is 33.1 Å². The molecule has 3 nitrogen and oxygen atoms in total. The maximum atomic E-state index is 11.4. The van der Waals surface area contributed by atoms with E-state index >= 15 is 0 Å². The summed E-state index contributed by atoms with van der Waals surface area (Å²) >= 11 is 0. The summed E-state index contributed by atoms with van der Waals surface area (Å²) in [5.74, 6) is 2.14. The fourth-order valence-corrected chi connectivity index (χ4v) is 1.76. The van der Waals surface area contributed by atoms with Crippen LogP contribution in [0.15, 0.2) is 24.3 Å². The van der Waals surface area contributed by atoms with E-state index in [1.165, 1.54) is 0 Å². The Morgan fingerprint density at radius 1 is 1.22 bits per heavy atom. The molecule has 1 aromatic carbocycles. The summed E-state index contributed by atoms with van der Waals surface area (Å²) in [6, 6.07) is 7.52. The molecule has 0 aliphatic rings. The molecule has 18 heavy (non-hydrogen) atoms. The van der Waals surface area contributed by atoms with Gasteiger partial charge in [0.1, 0.15) is 17.3 Å². The number of hydrogen-bond acceptors (Lipinski definition) is 3. The number of ketones is 1. The Bertz CT molecular complexity index is 357. The Labute approximate surface area is 109 Å². The molecule has 0 heterocycles. The van der Waals surface area contributed by atoms with Gasteiger partial charge >= 0.3 is 0 Å². The molecule has 0 aliphatic heterocycles. The van der Waals surface area contributed by atoms with Gasteiger partial charge in [0.05, 0.1) is 13.7 Å². The minimum Gasteiger partial charge on any atom is -0.497 e. The van der Waals surface area contributed by atoms with Crippen LogP contribution in [0.1, 0.15) is 33.1 Å². The second-order valence-corrected chi connectivity index (χ2v) is 4.39. The van der Waals surface area contributed by atoms with Crippen LogP contribution in [0.25, 0.3) is 0 Å². The van der Waals surface area contributed by atoms with Crippen molar-refractivity contribution < 1.29 is 14.3 Å². The van der Waals surface area contributed by atoms with E-state index in [9.17, 15) is 4.79 Å². The minimum absolute atomic E-state index is 0.148. The van der Waals surface area contributed by atoms with Gasteiger partial charge in [-0.2, -0.15) is 0 Å². The van der Waals surface area contributed by atoms with E-state index in [1.54, 1.807) is 7.11 Å². The fraction of sp³-hybridized carbons (Fsp3) is 0.533. The van der Waals surface area contributed by atoms with Gasteiger partial charge in [0.2, 0.25) is 0 Å². The van der Waals surface area contributed by atoms with Gasteiger partial charge in [-0.15, -0.1) is 0 Å². The van der Waals surface area contributed by atoms with Crippen LogP contribution < -0.4 is 9.47 Å². The third-order valence-electron chi connectivity index (χ3n) is 3.01. The first-order chi connectivity index (χ1) is 8.67. The fourth-order valence-electron chi connectivity index (χ4n) is 1.76. The molecule has 0 unspecified atom stereocenters. The molecule has 0 aliphatic carbocycles. The summed E-state index contributed by atoms with van der Waals surface area (Å²) in [5.41, 5.74) is 0. The molecule has 0 N–H and O–H groups in total. The van der Waals surface area contributed by atoms with Crippen molar-refractivity contribution in [3.05, 3.63) is 24.3 Å². The maximum Gasteiger partial charge on any atom is 0.135 e. The van der Waals surface area contributed by atoms with E-state index in [2.05, 4.69) is 0 Å². The van der Waals surface area contributed by atoms with Gasteiger partial charge in [-0.1, -0.05) is 13.8 Å². The van der Waals surface area contributed by atoms with Gasteiger partial charge in [0.15, 0.2) is 0 Å². The highest BCUT2D eigenvalue weighted by atomic mass is 16.5. The normalized spacial score (nSPS) is 11.9. The van der Waals surface area contributed by atoms with Crippen molar-refractivity contribution in [2.24, 2.45) is 5.92 Å². The monoisotopic (exact) mass is 250 g/mol. The third-order valence-corrected chi connectivity index (χ3v) is 3.01. The summed E-state index contributed by atoms with van der Waals surface area (Å²) in [4.78, 5) is 11.4. The van der Waals surface area contributed by atoms with Crippen LogP contribution in [-0.4, -0.2) is 19.5 Å². The summed E-state index contributed by atoms with van der Waals surface area (Å²) in [6.07, 6.45) is 2.42. The quantitative estimate of drug-likeness (QED) is 0.663. The summed E-state index contributed by atoms with van der Waals surface area (Å²) in [6.45, 7) is 4.54. The van der Waals surface area contributed by atoms with Crippen molar-refractivity contribution in [2.75, 3.05) is 13.7 Å². The number of benzene rings is 1. The molecule has 3 heteroatoms. The van der Waals surface area contributed by atoms with E-state index in [4.69, 9.17) is 9.47 Å². The number of rotatable bonds is 8. The van der Waals surface area contributed by atoms with Crippen LogP contribution in [-0.2, 0) is 4.79 Å². The lowest BCUT2D eigenvalue weighted by atomic mass is 9.99. The number of methoxy groups -OCH3 is 1. The van der Waals surface area contributed by atoms with Crippen LogP contribution in [0, 0.1) is 5.92 Å². The molecule has 1 atom stereocenters. The molecule has 0 bridgehead atoms. The molecule has 100 valence electrons. The van der Waals surface area contributed by atoms with Gasteiger partial charge < -0.3 is 9.47 Å². The Morgan fingerprint density at radius 2 is 1.83 bits per heavy atom. The molecule has 0 spiro atoms. The molecule has 0 radical (unpaired) electrons. The second kappa shape index (κ2) is 7.75. The average molecular weight is 250 g/mol. The molecule has 0 saturated heterocycles. The van der Waals surface area contributed by atoms with E-state index in [-0.39, 0.29) is 5.92 Å². The first-order valence-corrected chi connectivity index (χ1v) is 6.47. The Morgan fingerprint density at radius 3 is 2.39 bits per heavy atom. The third kappa shape index (κ3) is 4.78. The lowest BCUT2D eigenvalue weighted by Gasteiger charge is -2.10. The van der Waals surface area contributed by atoms with Gasteiger partial charge in [0, 0.05) is 12.3 Å². The number of Topliss-reactive ketones (excluding diaryl/α,β-unsaturated/α-hetero) is 1. The predicted molar refractivity (Wildman–Crippen MR) is 72.2 cm³/mol. The molecular weight excluding hydrogens is 228 g/mol. The number of carbonyl (C=O) groups is 1. The Kier molecular flexibility index (Phi) is 6.26. The first-order valence-electron chi connectivity index (χ1n) is 6.47. The standard InChI is InChI=1S/C15H22O3/c1-4-15(16)12(2)6-5-11-18-14-9-7-13(17-3)8-10-14/h7-10,12H,4-6,11H2,1-3H3/t12-/m0/s1. The van der Waals surface area contributed by atoms with Gasteiger partial charge in [-0.3, -0.25) is 4.79 Å². The Hall–Kier alpha value is -1.51. The molecule has 1 rings (SSSR count). The molecule has 1 aromatic rings. The van der Waals surface area contributed by atoms with Crippen molar-refractivity contribution in [1.29, 1.82) is 0 Å². The summed E-state index contributed by atoms with van der Waals surface area (Å²) in [5, 5.41) is 0. The van der Waals surface area contributed by atoms with E-state index in [0.717, 1.165) is 24.3 Å². The minimum atomic E-state index is 0.148.